The van der Waals surface area contributed by atoms with Gasteiger partial charge in [0, 0.05) is 27.2 Å². The lowest BCUT2D eigenvalue weighted by atomic mass is 9.80. The van der Waals surface area contributed by atoms with Crippen molar-refractivity contribution in [3.05, 3.63) is 53.6 Å². The zero-order valence-corrected chi connectivity index (χ0v) is 16.6. The van der Waals surface area contributed by atoms with Crippen molar-refractivity contribution in [2.75, 3.05) is 0 Å². The normalized spacial score (nSPS) is 13.0. The van der Waals surface area contributed by atoms with E-state index in [0.29, 0.717) is 10.6 Å². The molecule has 5 heteroatoms. The molecule has 0 unspecified atom stereocenters. The predicted molar refractivity (Wildman–Crippen MR) is 113 cm³/mol. The van der Waals surface area contributed by atoms with E-state index >= 15 is 0 Å². The van der Waals surface area contributed by atoms with Crippen molar-refractivity contribution in [3.63, 3.8) is 0 Å². The Morgan fingerprint density at radius 2 is 1.74 bits per heavy atom. The highest BCUT2D eigenvalue weighted by Crippen LogP contribution is 2.34. The molecule has 0 bridgehead atoms. The zero-order valence-electron chi connectivity index (χ0n) is 15.8. The van der Waals surface area contributed by atoms with Gasteiger partial charge in [-0.25, -0.2) is 0 Å². The maximum atomic E-state index is 10.4. The van der Waals surface area contributed by atoms with Crippen molar-refractivity contribution in [2.45, 2.75) is 38.9 Å². The summed E-state index contributed by atoms with van der Waals surface area (Å²) in [6.07, 6.45) is 0. The van der Waals surface area contributed by atoms with E-state index in [9.17, 15) is 5.11 Å². The van der Waals surface area contributed by atoms with Crippen LogP contribution in [0.25, 0.3) is 32.7 Å². The van der Waals surface area contributed by atoms with Gasteiger partial charge in [-0.2, -0.15) is 0 Å². The molecule has 0 aliphatic heterocycles. The number of aliphatic hydroxyl groups is 1. The predicted octanol–water partition coefficient (Wildman–Crippen LogP) is 5.20. The van der Waals surface area contributed by atoms with Crippen LogP contribution in [-0.4, -0.2) is 23.8 Å². The van der Waals surface area contributed by atoms with Crippen LogP contribution in [-0.2, 0) is 4.65 Å². The highest BCUT2D eigenvalue weighted by Gasteiger charge is 2.36. The Labute approximate surface area is 164 Å². The second-order valence-electron chi connectivity index (χ2n) is 7.94. The van der Waals surface area contributed by atoms with Gasteiger partial charge < -0.3 is 14.2 Å². The SMILES string of the molecule is CC(C)(O)C(C)(C)O[B]c1cc(Cl)cc2oc3c4ccccc4ccc3c12. The Morgan fingerprint density at radius 3 is 2.48 bits per heavy atom. The second-order valence-corrected chi connectivity index (χ2v) is 8.38. The molecule has 0 aliphatic rings. The van der Waals surface area contributed by atoms with Crippen molar-refractivity contribution < 1.29 is 14.2 Å². The molecule has 0 saturated carbocycles. The van der Waals surface area contributed by atoms with Crippen LogP contribution in [0.3, 0.4) is 0 Å². The molecule has 0 saturated heterocycles. The zero-order chi connectivity index (χ0) is 19.4. The van der Waals surface area contributed by atoms with Crippen LogP contribution in [0, 0.1) is 0 Å². The first-order chi connectivity index (χ1) is 12.7. The Bertz CT molecular complexity index is 1160. The first-order valence-corrected chi connectivity index (χ1v) is 9.32. The number of hydrogen-bond acceptors (Lipinski definition) is 3. The third kappa shape index (κ3) is 3.12. The van der Waals surface area contributed by atoms with Crippen LogP contribution >= 0.6 is 11.6 Å². The first kappa shape index (κ1) is 18.4. The van der Waals surface area contributed by atoms with E-state index in [4.69, 9.17) is 20.7 Å². The van der Waals surface area contributed by atoms with E-state index < -0.39 is 11.2 Å². The lowest BCUT2D eigenvalue weighted by Gasteiger charge is -2.37. The van der Waals surface area contributed by atoms with E-state index in [1.54, 1.807) is 21.3 Å². The minimum absolute atomic E-state index is 0.571. The minimum Gasteiger partial charge on any atom is -0.455 e. The fraction of sp³-hybridized carbons (Fsp3) is 0.273. The van der Waals surface area contributed by atoms with Gasteiger partial charge in [0.25, 0.3) is 0 Å². The summed E-state index contributed by atoms with van der Waals surface area (Å²) in [5, 5.41) is 15.1. The number of benzene rings is 3. The molecule has 4 rings (SSSR count). The van der Waals surface area contributed by atoms with Gasteiger partial charge in [-0.1, -0.05) is 41.9 Å². The number of furan rings is 1. The molecule has 1 heterocycles. The topological polar surface area (TPSA) is 42.6 Å². The molecular formula is C22H21BClO3. The van der Waals surface area contributed by atoms with Gasteiger partial charge in [0.05, 0.1) is 11.2 Å². The minimum atomic E-state index is -1.00. The quantitative estimate of drug-likeness (QED) is 0.495. The molecule has 137 valence electrons. The summed E-state index contributed by atoms with van der Waals surface area (Å²) >= 11 is 6.32. The molecular weight excluding hydrogens is 359 g/mol. The van der Waals surface area contributed by atoms with Crippen molar-refractivity contribution in [1.29, 1.82) is 0 Å². The largest absolute Gasteiger partial charge is 0.455 e. The molecule has 0 spiro atoms. The lowest BCUT2D eigenvalue weighted by molar-refractivity contribution is -0.0893. The first-order valence-electron chi connectivity index (χ1n) is 8.94. The van der Waals surface area contributed by atoms with E-state index in [2.05, 4.69) is 24.3 Å². The molecule has 0 amide bonds. The molecule has 4 aromatic rings. The van der Waals surface area contributed by atoms with Crippen molar-refractivity contribution in [3.8, 4) is 0 Å². The fourth-order valence-corrected chi connectivity index (χ4v) is 3.30. The summed E-state index contributed by atoms with van der Waals surface area (Å²) in [6.45, 7) is 7.17. The molecule has 3 nitrogen and oxygen atoms in total. The average Bonchev–Trinajstić information content (AvgIpc) is 2.97. The Morgan fingerprint density at radius 1 is 1.00 bits per heavy atom. The standard InChI is InChI=1S/C22H21BClO3/c1-21(2,25)22(3,4)27-23-17-11-14(24)12-18-19(17)16-10-9-13-7-5-6-8-15(13)20(16)26-18/h5-12,25H,1-4H3. The lowest BCUT2D eigenvalue weighted by Crippen LogP contribution is -2.49. The molecule has 1 N–H and O–H groups in total. The summed E-state index contributed by atoms with van der Waals surface area (Å²) in [5.41, 5.74) is 0.597. The smallest absolute Gasteiger partial charge is 0.331 e. The summed E-state index contributed by atoms with van der Waals surface area (Å²) in [6, 6.07) is 16.0. The van der Waals surface area contributed by atoms with Crippen LogP contribution in [0.1, 0.15) is 27.7 Å². The average molecular weight is 380 g/mol. The van der Waals surface area contributed by atoms with Crippen LogP contribution < -0.4 is 5.46 Å². The maximum Gasteiger partial charge on any atom is 0.331 e. The molecule has 0 atom stereocenters. The summed E-state index contributed by atoms with van der Waals surface area (Å²) in [5.74, 6) is 0. The van der Waals surface area contributed by atoms with Gasteiger partial charge in [-0.05, 0) is 50.7 Å². The van der Waals surface area contributed by atoms with Gasteiger partial charge in [-0.15, -0.1) is 0 Å². The molecule has 0 fully saturated rings. The van der Waals surface area contributed by atoms with Crippen LogP contribution in [0.2, 0.25) is 5.02 Å². The second kappa shape index (κ2) is 6.27. The molecule has 0 aliphatic carbocycles. The van der Waals surface area contributed by atoms with Gasteiger partial charge in [0.15, 0.2) is 0 Å². The van der Waals surface area contributed by atoms with Crippen molar-refractivity contribution >= 4 is 57.3 Å². The van der Waals surface area contributed by atoms with Gasteiger partial charge in [0.2, 0.25) is 0 Å². The van der Waals surface area contributed by atoms with E-state index in [1.807, 2.05) is 38.1 Å². The number of fused-ring (bicyclic) bond motifs is 5. The van der Waals surface area contributed by atoms with E-state index in [0.717, 1.165) is 32.6 Å². The van der Waals surface area contributed by atoms with Crippen LogP contribution in [0.5, 0.6) is 0 Å². The van der Waals surface area contributed by atoms with Gasteiger partial charge in [0.1, 0.15) is 11.2 Å². The fourth-order valence-electron chi connectivity index (χ4n) is 3.08. The Hall–Kier alpha value is -2.01. The third-order valence-electron chi connectivity index (χ3n) is 5.41. The molecule has 27 heavy (non-hydrogen) atoms. The maximum absolute atomic E-state index is 10.4. The number of halogens is 1. The van der Waals surface area contributed by atoms with Crippen molar-refractivity contribution in [1.82, 2.24) is 0 Å². The third-order valence-corrected chi connectivity index (χ3v) is 5.63. The summed E-state index contributed by atoms with van der Waals surface area (Å²) in [4.78, 5) is 0. The van der Waals surface area contributed by atoms with Crippen LogP contribution in [0.15, 0.2) is 52.9 Å². The van der Waals surface area contributed by atoms with Crippen molar-refractivity contribution in [2.24, 2.45) is 0 Å². The van der Waals surface area contributed by atoms with Gasteiger partial charge in [-0.3, -0.25) is 0 Å². The summed E-state index contributed by atoms with van der Waals surface area (Å²) in [7, 11) is 1.66. The summed E-state index contributed by atoms with van der Waals surface area (Å²) < 4.78 is 12.2. The number of rotatable bonds is 4. The van der Waals surface area contributed by atoms with Crippen LogP contribution in [0.4, 0.5) is 0 Å². The molecule has 1 aromatic heterocycles. The highest BCUT2D eigenvalue weighted by atomic mass is 35.5. The molecule has 1 radical (unpaired) electrons. The van der Waals surface area contributed by atoms with E-state index in [1.165, 1.54) is 0 Å². The van der Waals surface area contributed by atoms with E-state index in [-0.39, 0.29) is 0 Å². The Kier molecular flexibility index (Phi) is 4.26. The monoisotopic (exact) mass is 379 g/mol. The van der Waals surface area contributed by atoms with Gasteiger partial charge >= 0.3 is 7.48 Å². The molecule has 3 aromatic carbocycles. The number of hydrogen-bond donors (Lipinski definition) is 1. The highest BCUT2D eigenvalue weighted by molar-refractivity contribution is 6.54. The Balaban J connectivity index is 1.89.